The maximum Gasteiger partial charge on any atom is 0.251 e. The van der Waals surface area contributed by atoms with E-state index >= 15 is 0 Å². The van der Waals surface area contributed by atoms with Gasteiger partial charge in [-0.15, -0.1) is 0 Å². The van der Waals surface area contributed by atoms with E-state index in [1.165, 1.54) is 24.3 Å². The Morgan fingerprint density at radius 1 is 0.929 bits per heavy atom. The van der Waals surface area contributed by atoms with E-state index in [9.17, 15) is 21.6 Å². The fourth-order valence-corrected chi connectivity index (χ4v) is 4.76. The third kappa shape index (κ3) is 5.40. The summed E-state index contributed by atoms with van der Waals surface area (Å²) in [4.78, 5) is 12.5. The van der Waals surface area contributed by atoms with E-state index < -0.39 is 25.8 Å². The van der Waals surface area contributed by atoms with Crippen LogP contribution in [0, 0.1) is 13.8 Å². The number of nitrogens with one attached hydrogen (secondary N) is 2. The van der Waals surface area contributed by atoms with Gasteiger partial charge in [-0.2, -0.15) is 0 Å². The van der Waals surface area contributed by atoms with Gasteiger partial charge in [-0.1, -0.05) is 19.1 Å². The molecule has 0 aliphatic carbocycles. The minimum absolute atomic E-state index is 0.0148. The Balaban J connectivity index is 1.93. The number of aryl methyl sites for hydroxylation is 2. The maximum atomic E-state index is 12.4. The quantitative estimate of drug-likeness (QED) is 0.628. The highest BCUT2D eigenvalue weighted by Gasteiger charge is 2.17. The second kappa shape index (κ2) is 8.85. The van der Waals surface area contributed by atoms with Crippen molar-refractivity contribution in [3.05, 3.63) is 59.2 Å². The van der Waals surface area contributed by atoms with Gasteiger partial charge in [0.1, 0.15) is 0 Å². The maximum absolute atomic E-state index is 12.4. The molecule has 0 saturated heterocycles. The summed E-state index contributed by atoms with van der Waals surface area (Å²) in [6, 6.07) is 10.8. The van der Waals surface area contributed by atoms with Gasteiger partial charge in [0.2, 0.25) is 10.0 Å². The van der Waals surface area contributed by atoms with Gasteiger partial charge in [0.25, 0.3) is 5.91 Å². The molecular formula is C19H24N2O5S2. The Bertz CT molecular complexity index is 1060. The van der Waals surface area contributed by atoms with Crippen LogP contribution in [0.1, 0.15) is 28.4 Å². The molecule has 28 heavy (non-hydrogen) atoms. The molecule has 2 aromatic rings. The molecule has 7 nitrogen and oxygen atoms in total. The van der Waals surface area contributed by atoms with Crippen molar-refractivity contribution in [2.75, 3.05) is 18.8 Å². The topological polar surface area (TPSA) is 109 Å². The molecule has 0 atom stereocenters. The Hall–Kier alpha value is -2.23. The van der Waals surface area contributed by atoms with E-state index in [2.05, 4.69) is 10.0 Å². The summed E-state index contributed by atoms with van der Waals surface area (Å²) >= 11 is 0. The Morgan fingerprint density at radius 2 is 1.57 bits per heavy atom. The molecule has 0 saturated carbocycles. The van der Waals surface area contributed by atoms with E-state index in [-0.39, 0.29) is 28.6 Å². The molecule has 0 aliphatic heterocycles. The van der Waals surface area contributed by atoms with Crippen LogP contribution in [0.15, 0.2) is 52.3 Å². The number of sulfonamides is 1. The lowest BCUT2D eigenvalue weighted by Crippen LogP contribution is -2.35. The highest BCUT2D eigenvalue weighted by atomic mass is 32.2. The third-order valence-electron chi connectivity index (χ3n) is 4.19. The lowest BCUT2D eigenvalue weighted by atomic mass is 10.2. The van der Waals surface area contributed by atoms with E-state index in [0.717, 1.165) is 5.56 Å². The second-order valence-electron chi connectivity index (χ2n) is 6.35. The van der Waals surface area contributed by atoms with Crippen molar-refractivity contribution < 1.29 is 21.6 Å². The van der Waals surface area contributed by atoms with Crippen LogP contribution in [0.25, 0.3) is 0 Å². The third-order valence-corrected chi connectivity index (χ3v) is 7.54. The van der Waals surface area contributed by atoms with Crippen molar-refractivity contribution >= 4 is 25.8 Å². The standard InChI is InChI=1S/C19H24N2O5S2/c1-4-27(23,24)17-9-7-16(8-10-17)19(22)20-11-12-21-28(25,26)18-13-14(2)5-6-15(18)3/h5-10,13,21H,4,11-12H2,1-3H3,(H,20,22). The minimum atomic E-state index is -3.67. The summed E-state index contributed by atoms with van der Waals surface area (Å²) in [6.45, 7) is 5.21. The largest absolute Gasteiger partial charge is 0.351 e. The predicted molar refractivity (Wildman–Crippen MR) is 108 cm³/mol. The number of hydrogen-bond acceptors (Lipinski definition) is 5. The van der Waals surface area contributed by atoms with Crippen LogP contribution in [-0.2, 0) is 19.9 Å². The number of sulfone groups is 1. The molecule has 0 unspecified atom stereocenters. The SMILES string of the molecule is CCS(=O)(=O)c1ccc(C(=O)NCCNS(=O)(=O)c2cc(C)ccc2C)cc1. The van der Waals surface area contributed by atoms with Crippen molar-refractivity contribution in [2.45, 2.75) is 30.6 Å². The molecule has 1 amide bonds. The van der Waals surface area contributed by atoms with Gasteiger partial charge in [-0.05, 0) is 55.3 Å². The van der Waals surface area contributed by atoms with Crippen LogP contribution >= 0.6 is 0 Å². The van der Waals surface area contributed by atoms with Crippen LogP contribution in [0.3, 0.4) is 0 Å². The molecule has 0 aromatic heterocycles. The highest BCUT2D eigenvalue weighted by Crippen LogP contribution is 2.16. The number of benzene rings is 2. The van der Waals surface area contributed by atoms with Crippen molar-refractivity contribution in [2.24, 2.45) is 0 Å². The first kappa shape index (κ1) is 22.1. The number of hydrogen-bond donors (Lipinski definition) is 2. The van der Waals surface area contributed by atoms with Crippen LogP contribution < -0.4 is 10.0 Å². The predicted octanol–water partition coefficient (Wildman–Crippen LogP) is 1.81. The van der Waals surface area contributed by atoms with Gasteiger partial charge in [-0.25, -0.2) is 21.6 Å². The summed E-state index contributed by atoms with van der Waals surface area (Å²) in [7, 11) is -6.99. The second-order valence-corrected chi connectivity index (χ2v) is 10.4. The fourth-order valence-electron chi connectivity index (χ4n) is 2.52. The summed E-state index contributed by atoms with van der Waals surface area (Å²) < 4.78 is 50.8. The van der Waals surface area contributed by atoms with Crippen LogP contribution in [0.5, 0.6) is 0 Å². The molecule has 0 spiro atoms. The zero-order chi connectivity index (χ0) is 20.9. The summed E-state index contributed by atoms with van der Waals surface area (Å²) in [5.74, 6) is -0.426. The Morgan fingerprint density at radius 3 is 2.18 bits per heavy atom. The molecule has 2 N–H and O–H groups in total. The Labute approximate surface area is 166 Å². The van der Waals surface area contributed by atoms with Gasteiger partial charge < -0.3 is 5.32 Å². The molecule has 0 aliphatic rings. The summed E-state index contributed by atoms with van der Waals surface area (Å²) in [5.41, 5.74) is 1.78. The minimum Gasteiger partial charge on any atom is -0.351 e. The number of rotatable bonds is 8. The first-order valence-electron chi connectivity index (χ1n) is 8.75. The summed E-state index contributed by atoms with van der Waals surface area (Å²) in [6.07, 6.45) is 0. The lowest BCUT2D eigenvalue weighted by Gasteiger charge is -2.11. The van der Waals surface area contributed by atoms with Gasteiger partial charge in [-0.3, -0.25) is 4.79 Å². The zero-order valence-electron chi connectivity index (χ0n) is 16.0. The monoisotopic (exact) mass is 424 g/mol. The van der Waals surface area contributed by atoms with Crippen LogP contribution in [0.4, 0.5) is 0 Å². The van der Waals surface area contributed by atoms with Crippen LogP contribution in [0.2, 0.25) is 0 Å². The number of amides is 1. The molecule has 0 bridgehead atoms. The van der Waals surface area contributed by atoms with Gasteiger partial charge in [0.05, 0.1) is 15.5 Å². The van der Waals surface area contributed by atoms with E-state index in [4.69, 9.17) is 0 Å². The van der Waals surface area contributed by atoms with Crippen molar-refractivity contribution in [3.8, 4) is 0 Å². The highest BCUT2D eigenvalue weighted by molar-refractivity contribution is 7.91. The van der Waals surface area contributed by atoms with Gasteiger partial charge in [0.15, 0.2) is 9.84 Å². The van der Waals surface area contributed by atoms with E-state index in [1.807, 2.05) is 13.0 Å². The average Bonchev–Trinajstić information content (AvgIpc) is 2.67. The van der Waals surface area contributed by atoms with E-state index in [0.29, 0.717) is 11.1 Å². The van der Waals surface area contributed by atoms with Gasteiger partial charge in [0, 0.05) is 18.7 Å². The normalized spacial score (nSPS) is 12.0. The molecule has 2 aromatic carbocycles. The average molecular weight is 425 g/mol. The molecule has 9 heteroatoms. The van der Waals surface area contributed by atoms with Crippen molar-refractivity contribution in [1.29, 1.82) is 0 Å². The van der Waals surface area contributed by atoms with Crippen LogP contribution in [-0.4, -0.2) is 41.6 Å². The first-order valence-corrected chi connectivity index (χ1v) is 11.9. The first-order chi connectivity index (χ1) is 13.1. The molecule has 0 heterocycles. The fraction of sp³-hybridized carbons (Fsp3) is 0.316. The molecule has 0 fully saturated rings. The molecule has 0 radical (unpaired) electrons. The van der Waals surface area contributed by atoms with Gasteiger partial charge >= 0.3 is 0 Å². The van der Waals surface area contributed by atoms with Crippen molar-refractivity contribution in [3.63, 3.8) is 0 Å². The summed E-state index contributed by atoms with van der Waals surface area (Å²) in [5, 5.41) is 2.61. The Kier molecular flexibility index (Phi) is 6.97. The van der Waals surface area contributed by atoms with Crippen molar-refractivity contribution in [1.82, 2.24) is 10.0 Å². The lowest BCUT2D eigenvalue weighted by molar-refractivity contribution is 0.0954. The molecule has 152 valence electrons. The zero-order valence-corrected chi connectivity index (χ0v) is 17.7. The molecule has 2 rings (SSSR count). The number of carbonyl (C=O) groups is 1. The number of carbonyl (C=O) groups excluding carboxylic acids is 1. The molecular weight excluding hydrogens is 400 g/mol. The van der Waals surface area contributed by atoms with E-state index in [1.54, 1.807) is 26.0 Å². The smallest absolute Gasteiger partial charge is 0.251 e.